The SMILES string of the molecule is O=S(=O)(c1ccc(F)cc1)[C@@H]1CCCN(S(=O)(=O)c2ccccc2Cl)C1. The molecule has 0 amide bonds. The standard InChI is InChI=1S/C17H17ClFNO4S2/c18-16-5-1-2-6-17(16)26(23,24)20-11-3-4-15(12-20)25(21,22)14-9-7-13(19)8-10-14/h1-2,5-10,15H,3-4,11-12H2/t15-/m1/s1. The fraction of sp³-hybridized carbons (Fsp3) is 0.294. The van der Waals surface area contributed by atoms with Crippen LogP contribution in [0.2, 0.25) is 5.02 Å². The normalized spacial score (nSPS) is 19.4. The quantitative estimate of drug-likeness (QED) is 0.716. The number of sulfone groups is 1. The summed E-state index contributed by atoms with van der Waals surface area (Å²) in [7, 11) is -7.67. The Morgan fingerprint density at radius 1 is 1.00 bits per heavy atom. The molecule has 2 aromatic rings. The van der Waals surface area contributed by atoms with Gasteiger partial charge in [0.25, 0.3) is 0 Å². The molecule has 1 heterocycles. The molecule has 0 unspecified atom stereocenters. The predicted molar refractivity (Wildman–Crippen MR) is 96.8 cm³/mol. The third-order valence-electron chi connectivity index (χ3n) is 4.38. The average Bonchev–Trinajstić information content (AvgIpc) is 2.62. The lowest BCUT2D eigenvalue weighted by Gasteiger charge is -2.31. The van der Waals surface area contributed by atoms with Crippen molar-refractivity contribution in [1.29, 1.82) is 0 Å². The number of sulfonamides is 1. The highest BCUT2D eigenvalue weighted by Gasteiger charge is 2.37. The number of halogens is 2. The second-order valence-corrected chi connectivity index (χ2v) is 10.6. The molecule has 1 fully saturated rings. The largest absolute Gasteiger partial charge is 0.244 e. The number of nitrogens with zero attached hydrogens (tertiary/aromatic N) is 1. The van der Waals surface area contributed by atoms with Crippen molar-refractivity contribution in [1.82, 2.24) is 4.31 Å². The van der Waals surface area contributed by atoms with E-state index in [1.54, 1.807) is 12.1 Å². The number of rotatable bonds is 4. The fourth-order valence-electron chi connectivity index (χ4n) is 2.99. The maximum atomic E-state index is 13.1. The number of benzene rings is 2. The monoisotopic (exact) mass is 417 g/mol. The van der Waals surface area contributed by atoms with E-state index >= 15 is 0 Å². The van der Waals surface area contributed by atoms with Gasteiger partial charge in [0.05, 0.1) is 15.2 Å². The zero-order valence-electron chi connectivity index (χ0n) is 13.7. The van der Waals surface area contributed by atoms with Crippen LogP contribution in [-0.4, -0.2) is 39.5 Å². The van der Waals surface area contributed by atoms with Crippen LogP contribution in [0.5, 0.6) is 0 Å². The van der Waals surface area contributed by atoms with Crippen molar-refractivity contribution >= 4 is 31.5 Å². The molecular weight excluding hydrogens is 401 g/mol. The first-order chi connectivity index (χ1) is 12.2. The van der Waals surface area contributed by atoms with Crippen molar-refractivity contribution in [3.63, 3.8) is 0 Å². The highest BCUT2D eigenvalue weighted by molar-refractivity contribution is 7.92. The van der Waals surface area contributed by atoms with Gasteiger partial charge in [-0.3, -0.25) is 0 Å². The molecular formula is C17H17ClFNO4S2. The van der Waals surface area contributed by atoms with Crippen LogP contribution in [0.3, 0.4) is 0 Å². The molecule has 0 spiro atoms. The zero-order valence-corrected chi connectivity index (χ0v) is 16.1. The van der Waals surface area contributed by atoms with Crippen LogP contribution >= 0.6 is 11.6 Å². The molecule has 1 aliphatic rings. The molecule has 140 valence electrons. The van der Waals surface area contributed by atoms with Crippen LogP contribution in [0.15, 0.2) is 58.3 Å². The van der Waals surface area contributed by atoms with Crippen LogP contribution < -0.4 is 0 Å². The van der Waals surface area contributed by atoms with E-state index in [0.29, 0.717) is 12.8 Å². The summed E-state index contributed by atoms with van der Waals surface area (Å²) in [5.41, 5.74) is 0. The Morgan fingerprint density at radius 2 is 1.65 bits per heavy atom. The summed E-state index contributed by atoms with van der Waals surface area (Å²) in [4.78, 5) is -0.0533. The van der Waals surface area contributed by atoms with Crippen molar-refractivity contribution < 1.29 is 21.2 Å². The van der Waals surface area contributed by atoms with Crippen LogP contribution in [-0.2, 0) is 19.9 Å². The first kappa shape index (κ1) is 19.3. The van der Waals surface area contributed by atoms with Crippen molar-refractivity contribution in [2.45, 2.75) is 27.9 Å². The third-order valence-corrected chi connectivity index (χ3v) is 8.93. The summed E-state index contributed by atoms with van der Waals surface area (Å²) in [5, 5.41) is -0.796. The van der Waals surface area contributed by atoms with Gasteiger partial charge in [-0.1, -0.05) is 23.7 Å². The minimum absolute atomic E-state index is 0.0131. The highest BCUT2D eigenvalue weighted by atomic mass is 35.5. The molecule has 0 N–H and O–H groups in total. The zero-order chi connectivity index (χ0) is 18.9. The lowest BCUT2D eigenvalue weighted by atomic mass is 10.2. The summed E-state index contributed by atoms with van der Waals surface area (Å²) in [6.45, 7) is 0.0657. The van der Waals surface area contributed by atoms with Gasteiger partial charge in [-0.05, 0) is 49.2 Å². The van der Waals surface area contributed by atoms with Crippen LogP contribution in [0, 0.1) is 5.82 Å². The van der Waals surface area contributed by atoms with Gasteiger partial charge < -0.3 is 0 Å². The summed E-state index contributed by atoms with van der Waals surface area (Å²) < 4.78 is 65.5. The van der Waals surface area contributed by atoms with Gasteiger partial charge in [-0.25, -0.2) is 21.2 Å². The molecule has 26 heavy (non-hydrogen) atoms. The van der Waals surface area contributed by atoms with Crippen molar-refractivity contribution in [2.24, 2.45) is 0 Å². The molecule has 0 aromatic heterocycles. The molecule has 0 bridgehead atoms. The van der Waals surface area contributed by atoms with Crippen molar-refractivity contribution in [2.75, 3.05) is 13.1 Å². The molecule has 1 atom stereocenters. The van der Waals surface area contributed by atoms with E-state index in [-0.39, 0.29) is 27.9 Å². The number of hydrogen-bond donors (Lipinski definition) is 0. The Labute approximate surface area is 157 Å². The lowest BCUT2D eigenvalue weighted by molar-refractivity contribution is 0.346. The van der Waals surface area contributed by atoms with Gasteiger partial charge in [-0.15, -0.1) is 0 Å². The summed E-state index contributed by atoms with van der Waals surface area (Å²) in [6.07, 6.45) is 0.753. The van der Waals surface area contributed by atoms with Gasteiger partial charge in [0.15, 0.2) is 9.84 Å². The molecule has 1 saturated heterocycles. The van der Waals surface area contributed by atoms with Gasteiger partial charge in [-0.2, -0.15) is 4.31 Å². The molecule has 0 saturated carbocycles. The molecule has 5 nitrogen and oxygen atoms in total. The lowest BCUT2D eigenvalue weighted by Crippen LogP contribution is -2.45. The Balaban J connectivity index is 1.90. The Hall–Kier alpha value is -1.48. The van der Waals surface area contributed by atoms with Crippen LogP contribution in [0.1, 0.15) is 12.8 Å². The van der Waals surface area contributed by atoms with Gasteiger partial charge >= 0.3 is 0 Å². The first-order valence-corrected chi connectivity index (χ1v) is 11.3. The topological polar surface area (TPSA) is 71.5 Å². The van der Waals surface area contributed by atoms with E-state index in [2.05, 4.69) is 0 Å². The Morgan fingerprint density at radius 3 is 2.31 bits per heavy atom. The van der Waals surface area contributed by atoms with E-state index in [4.69, 9.17) is 11.6 Å². The van der Waals surface area contributed by atoms with Crippen molar-refractivity contribution in [3.8, 4) is 0 Å². The Bertz CT molecular complexity index is 1010. The molecule has 2 aromatic carbocycles. The Kier molecular flexibility index (Phi) is 5.39. The molecule has 0 aliphatic carbocycles. The molecule has 1 aliphatic heterocycles. The summed E-state index contributed by atoms with van der Waals surface area (Å²) in [5.74, 6) is -0.532. The maximum Gasteiger partial charge on any atom is 0.244 e. The predicted octanol–water partition coefficient (Wildman–Crippen LogP) is 3.11. The molecule has 3 rings (SSSR count). The van der Waals surface area contributed by atoms with Gasteiger partial charge in [0, 0.05) is 13.1 Å². The summed E-state index contributed by atoms with van der Waals surface area (Å²) >= 11 is 6.01. The third kappa shape index (κ3) is 3.64. The van der Waals surface area contributed by atoms with E-state index in [1.165, 1.54) is 24.3 Å². The number of hydrogen-bond acceptors (Lipinski definition) is 4. The van der Waals surface area contributed by atoms with Crippen LogP contribution in [0.25, 0.3) is 0 Å². The van der Waals surface area contributed by atoms with E-state index in [1.807, 2.05) is 0 Å². The van der Waals surface area contributed by atoms with Crippen LogP contribution in [0.4, 0.5) is 4.39 Å². The maximum absolute atomic E-state index is 13.1. The minimum atomic E-state index is -3.90. The van der Waals surface area contributed by atoms with E-state index in [9.17, 15) is 21.2 Å². The first-order valence-electron chi connectivity index (χ1n) is 7.97. The van der Waals surface area contributed by atoms with Gasteiger partial charge in [0.2, 0.25) is 10.0 Å². The summed E-state index contributed by atoms with van der Waals surface area (Å²) in [6, 6.07) is 10.6. The average molecular weight is 418 g/mol. The van der Waals surface area contributed by atoms with Gasteiger partial charge in [0.1, 0.15) is 10.7 Å². The fourth-order valence-corrected chi connectivity index (χ4v) is 6.85. The highest BCUT2D eigenvalue weighted by Crippen LogP contribution is 2.30. The van der Waals surface area contributed by atoms with E-state index < -0.39 is 30.9 Å². The minimum Gasteiger partial charge on any atom is -0.223 e. The molecule has 0 radical (unpaired) electrons. The number of piperidine rings is 1. The second kappa shape index (κ2) is 7.26. The van der Waals surface area contributed by atoms with E-state index in [0.717, 1.165) is 16.4 Å². The second-order valence-electron chi connectivity index (χ2n) is 6.06. The smallest absolute Gasteiger partial charge is 0.223 e. The van der Waals surface area contributed by atoms with Crippen molar-refractivity contribution in [3.05, 3.63) is 59.4 Å². The molecule has 9 heteroatoms.